The van der Waals surface area contributed by atoms with Gasteiger partial charge in [0.05, 0.1) is 18.8 Å². The van der Waals surface area contributed by atoms with Crippen LogP contribution in [0.25, 0.3) is 0 Å². The van der Waals surface area contributed by atoms with Gasteiger partial charge in [0.15, 0.2) is 18.6 Å². The number of hydrogen-bond donors (Lipinski definition) is 1. The molecule has 1 fully saturated rings. The molecular weight excluding hydrogens is 586 g/mol. The van der Waals surface area contributed by atoms with Gasteiger partial charge in [-0.15, -0.1) is 0 Å². The first-order chi connectivity index (χ1) is 20.3. The fourth-order valence-corrected chi connectivity index (χ4v) is 5.19. The minimum Gasteiger partial charge on any atom is -0.462 e. The molecule has 0 amide bonds. The van der Waals surface area contributed by atoms with Crippen LogP contribution in [-0.2, 0) is 35.1 Å². The summed E-state index contributed by atoms with van der Waals surface area (Å²) in [6, 6.07) is 9.09. The van der Waals surface area contributed by atoms with Gasteiger partial charge in [-0.25, -0.2) is 23.6 Å². The molecule has 1 aromatic carbocycles. The topological polar surface area (TPSA) is 149 Å². The lowest BCUT2D eigenvalue weighted by molar-refractivity contribution is -0.149. The number of benzene rings is 1. The van der Waals surface area contributed by atoms with Crippen molar-refractivity contribution in [2.24, 2.45) is 4.99 Å². The minimum absolute atomic E-state index is 0.142. The van der Waals surface area contributed by atoms with Crippen LogP contribution in [0, 0.1) is 0 Å². The number of alkyl halides is 1. The van der Waals surface area contributed by atoms with Crippen molar-refractivity contribution in [2.45, 2.75) is 84.8 Å². The van der Waals surface area contributed by atoms with Gasteiger partial charge in [0.25, 0.3) is 5.56 Å². The van der Waals surface area contributed by atoms with Crippen molar-refractivity contribution in [3.8, 4) is 5.75 Å². The molecule has 0 spiro atoms. The third kappa shape index (κ3) is 10.1. The second-order valence-electron chi connectivity index (χ2n) is 10.6. The Labute approximate surface area is 249 Å². The van der Waals surface area contributed by atoms with E-state index in [-0.39, 0.29) is 25.7 Å². The number of esters is 2. The van der Waals surface area contributed by atoms with E-state index >= 15 is 4.39 Å². The molecule has 0 radical (unpaired) electrons. The highest BCUT2D eigenvalue weighted by Crippen LogP contribution is 2.43. The van der Waals surface area contributed by atoms with E-state index in [1.807, 2.05) is 6.07 Å². The molecular formula is C28H38FN4O9P. The van der Waals surface area contributed by atoms with Crippen LogP contribution in [0.3, 0.4) is 0 Å². The molecule has 236 valence electrons. The molecule has 1 N–H and O–H groups in total. The number of aliphatic imine (C=N–C) groups is 1. The molecule has 1 aromatic heterocycles. The Balaban J connectivity index is 1.71. The summed E-state index contributed by atoms with van der Waals surface area (Å²) in [6.45, 7) is 8.69. The van der Waals surface area contributed by atoms with Crippen LogP contribution in [0.1, 0.15) is 54.2 Å². The first-order valence-electron chi connectivity index (χ1n) is 13.7. The Bertz CT molecular complexity index is 1390. The van der Waals surface area contributed by atoms with Crippen LogP contribution in [-0.4, -0.2) is 63.9 Å². The molecule has 3 unspecified atom stereocenters. The van der Waals surface area contributed by atoms with Gasteiger partial charge in [-0.2, -0.15) is 0 Å². The summed E-state index contributed by atoms with van der Waals surface area (Å²) < 4.78 is 45.4. The molecule has 1 saturated heterocycles. The summed E-state index contributed by atoms with van der Waals surface area (Å²) in [7, 11) is -1.91. The Kier molecular flexibility index (Phi) is 12.1. The van der Waals surface area contributed by atoms with Crippen molar-refractivity contribution in [1.29, 1.82) is 0 Å². The van der Waals surface area contributed by atoms with Gasteiger partial charge in [0.1, 0.15) is 18.3 Å². The van der Waals surface area contributed by atoms with Crippen LogP contribution in [0.15, 0.2) is 57.2 Å². The molecule has 5 atom stereocenters. The molecule has 1 aliphatic rings. The molecule has 1 aliphatic heterocycles. The van der Waals surface area contributed by atoms with Gasteiger partial charge in [0, 0.05) is 24.4 Å². The molecule has 0 aliphatic carbocycles. The smallest absolute Gasteiger partial charge is 0.336 e. The van der Waals surface area contributed by atoms with E-state index in [1.54, 1.807) is 58.9 Å². The molecule has 3 rings (SSSR count). The van der Waals surface area contributed by atoms with E-state index in [2.05, 4.69) is 10.1 Å². The van der Waals surface area contributed by atoms with Crippen LogP contribution in [0.5, 0.6) is 5.75 Å². The lowest BCUT2D eigenvalue weighted by Gasteiger charge is -2.24. The number of aromatic nitrogens is 2. The molecule has 0 bridgehead atoms. The molecule has 0 saturated carbocycles. The molecule has 15 heteroatoms. The van der Waals surface area contributed by atoms with Gasteiger partial charge in [-0.1, -0.05) is 18.2 Å². The van der Waals surface area contributed by atoms with Gasteiger partial charge < -0.3 is 23.3 Å². The van der Waals surface area contributed by atoms with Gasteiger partial charge in [-0.3, -0.25) is 19.1 Å². The molecule has 2 heterocycles. The fourth-order valence-electron chi connectivity index (χ4n) is 3.97. The number of para-hydroxylation sites is 1. The van der Waals surface area contributed by atoms with E-state index in [9.17, 15) is 19.2 Å². The summed E-state index contributed by atoms with van der Waals surface area (Å²) in [5, 5.41) is 2.97. The highest BCUT2D eigenvalue weighted by atomic mass is 31.2. The van der Waals surface area contributed by atoms with E-state index in [4.69, 9.17) is 23.3 Å². The van der Waals surface area contributed by atoms with Gasteiger partial charge >= 0.3 is 26.2 Å². The third-order valence-corrected chi connectivity index (χ3v) is 7.36. The predicted octanol–water partition coefficient (Wildman–Crippen LogP) is 3.26. The van der Waals surface area contributed by atoms with E-state index < -0.39 is 62.5 Å². The SMILES string of the molecule is CC(C)=NCC(=O)OCn1c(=O)ccn(C2OC(CO[P@@](NC(C)C(=O)OC(C)C)Oc3ccccc3)C[C@@]2(C)F)c1=O. The average molecular weight is 625 g/mol. The number of nitrogens with zero attached hydrogens (tertiary/aromatic N) is 3. The number of halogens is 1. The highest BCUT2D eigenvalue weighted by Gasteiger charge is 2.48. The highest BCUT2D eigenvalue weighted by molar-refractivity contribution is 7.45. The van der Waals surface area contributed by atoms with Gasteiger partial charge in [0.2, 0.25) is 0 Å². The first-order valence-corrected chi connectivity index (χ1v) is 14.9. The van der Waals surface area contributed by atoms with Crippen LogP contribution in [0.2, 0.25) is 0 Å². The lowest BCUT2D eigenvalue weighted by atomic mass is 10.0. The van der Waals surface area contributed by atoms with E-state index in [0.717, 1.165) is 16.8 Å². The average Bonchev–Trinajstić information content (AvgIpc) is 3.24. The summed E-state index contributed by atoms with van der Waals surface area (Å²) in [4.78, 5) is 53.7. The lowest BCUT2D eigenvalue weighted by Crippen LogP contribution is -2.44. The quantitative estimate of drug-likeness (QED) is 0.189. The number of carbonyl (C=O) groups is 2. The maximum absolute atomic E-state index is 15.8. The van der Waals surface area contributed by atoms with Crippen molar-refractivity contribution < 1.29 is 37.2 Å². The van der Waals surface area contributed by atoms with Crippen LogP contribution < -0.4 is 20.9 Å². The normalized spacial score (nSPS) is 21.2. The zero-order valence-electron chi connectivity index (χ0n) is 25.0. The first kappa shape index (κ1) is 34.0. The monoisotopic (exact) mass is 624 g/mol. The Morgan fingerprint density at radius 2 is 1.88 bits per heavy atom. The number of rotatable bonds is 14. The number of nitrogens with one attached hydrogen (secondary N) is 1. The van der Waals surface area contributed by atoms with Crippen molar-refractivity contribution in [3.63, 3.8) is 0 Å². The number of ether oxygens (including phenoxy) is 3. The maximum atomic E-state index is 15.8. The van der Waals surface area contributed by atoms with Crippen LogP contribution in [0.4, 0.5) is 4.39 Å². The van der Waals surface area contributed by atoms with E-state index in [1.165, 1.54) is 6.92 Å². The second-order valence-corrected chi connectivity index (χ2v) is 11.8. The standard InChI is InChI=1S/C28H38FN4O9P/c1-18(2)30-15-24(35)38-17-33-23(34)12-13-32(27(33)37)26-28(6,29)14-22(41-26)16-39-43(42-21-10-8-7-9-11-21)31-20(5)25(36)40-19(3)4/h7-13,19-20,22,26,31H,14-17H2,1-6H3/t20?,22?,26?,28-,43-/m1/s1. The zero-order chi connectivity index (χ0) is 31.7. The summed E-state index contributed by atoms with van der Waals surface area (Å²) >= 11 is 0. The van der Waals surface area contributed by atoms with Gasteiger partial charge in [-0.05, 0) is 53.7 Å². The van der Waals surface area contributed by atoms with Crippen LogP contribution >= 0.6 is 8.53 Å². The molecule has 2 aromatic rings. The Morgan fingerprint density at radius 1 is 1.19 bits per heavy atom. The third-order valence-electron chi connectivity index (χ3n) is 6.00. The Hall–Kier alpha value is -3.45. The predicted molar refractivity (Wildman–Crippen MR) is 157 cm³/mol. The fraction of sp³-hybridized carbons (Fsp3) is 0.536. The molecule has 43 heavy (non-hydrogen) atoms. The Morgan fingerprint density at radius 3 is 2.53 bits per heavy atom. The van der Waals surface area contributed by atoms with Crippen molar-refractivity contribution in [2.75, 3.05) is 13.2 Å². The maximum Gasteiger partial charge on any atom is 0.336 e. The summed E-state index contributed by atoms with van der Waals surface area (Å²) in [6.07, 6.45) is -1.54. The van der Waals surface area contributed by atoms with Crippen molar-refractivity contribution >= 4 is 26.2 Å². The van der Waals surface area contributed by atoms with Crippen molar-refractivity contribution in [3.05, 3.63) is 63.4 Å². The minimum atomic E-state index is -2.03. The van der Waals surface area contributed by atoms with Crippen molar-refractivity contribution in [1.82, 2.24) is 14.2 Å². The van der Waals surface area contributed by atoms with E-state index in [0.29, 0.717) is 16.0 Å². The second kappa shape index (κ2) is 15.3. The number of hydrogen-bond acceptors (Lipinski definition) is 11. The largest absolute Gasteiger partial charge is 0.462 e. The summed E-state index contributed by atoms with van der Waals surface area (Å²) in [5.74, 6) is -0.746. The molecule has 13 nitrogen and oxygen atoms in total. The zero-order valence-corrected chi connectivity index (χ0v) is 25.9. The summed E-state index contributed by atoms with van der Waals surface area (Å²) in [5.41, 5.74) is -3.02. The number of carbonyl (C=O) groups excluding carboxylic acids is 2.